The molecular formula is C14H22O2. The second kappa shape index (κ2) is 6.02. The van der Waals surface area contributed by atoms with Crippen LogP contribution in [0.5, 0.6) is 0 Å². The summed E-state index contributed by atoms with van der Waals surface area (Å²) in [7, 11) is 0. The third-order valence-corrected chi connectivity index (χ3v) is 2.70. The lowest BCUT2D eigenvalue weighted by molar-refractivity contribution is -0.0343. The highest BCUT2D eigenvalue weighted by Crippen LogP contribution is 2.21. The molecule has 0 aliphatic carbocycles. The molecule has 0 spiro atoms. The molecule has 0 fully saturated rings. The van der Waals surface area contributed by atoms with E-state index in [4.69, 9.17) is 4.74 Å². The predicted molar refractivity (Wildman–Crippen MR) is 66.5 cm³/mol. The molecule has 0 saturated heterocycles. The Kier molecular flexibility index (Phi) is 4.97. The number of aryl methyl sites for hydroxylation is 1. The van der Waals surface area contributed by atoms with Crippen molar-refractivity contribution in [2.24, 2.45) is 0 Å². The van der Waals surface area contributed by atoms with Gasteiger partial charge in [-0.05, 0) is 31.4 Å². The Hall–Kier alpha value is -0.860. The van der Waals surface area contributed by atoms with Gasteiger partial charge in [0.25, 0.3) is 0 Å². The Morgan fingerprint density at radius 2 is 1.81 bits per heavy atom. The second-order valence-corrected chi connectivity index (χ2v) is 4.36. The second-order valence-electron chi connectivity index (χ2n) is 4.36. The van der Waals surface area contributed by atoms with Crippen LogP contribution in [0.2, 0.25) is 0 Å². The van der Waals surface area contributed by atoms with Crippen molar-refractivity contribution in [3.63, 3.8) is 0 Å². The van der Waals surface area contributed by atoms with E-state index in [1.807, 2.05) is 19.1 Å². The van der Waals surface area contributed by atoms with E-state index in [-0.39, 0.29) is 0 Å². The van der Waals surface area contributed by atoms with E-state index in [1.54, 1.807) is 6.92 Å². The van der Waals surface area contributed by atoms with Gasteiger partial charge in [-0.1, -0.05) is 37.6 Å². The lowest BCUT2D eigenvalue weighted by atomic mass is 9.95. The molecule has 0 radical (unpaired) electrons. The first kappa shape index (κ1) is 13.2. The predicted octanol–water partition coefficient (Wildman–Crippen LogP) is 2.88. The van der Waals surface area contributed by atoms with E-state index in [9.17, 15) is 5.11 Å². The number of aliphatic hydroxyl groups is 1. The molecule has 1 aromatic rings. The number of hydrogen-bond acceptors (Lipinski definition) is 2. The fourth-order valence-electron chi connectivity index (χ4n) is 1.70. The highest BCUT2D eigenvalue weighted by atomic mass is 16.5. The topological polar surface area (TPSA) is 29.5 Å². The van der Waals surface area contributed by atoms with Gasteiger partial charge in [-0.15, -0.1) is 0 Å². The highest BCUT2D eigenvalue weighted by Gasteiger charge is 2.22. The molecule has 0 saturated carbocycles. The molecular weight excluding hydrogens is 200 g/mol. The van der Waals surface area contributed by atoms with E-state index >= 15 is 0 Å². The summed E-state index contributed by atoms with van der Waals surface area (Å²) in [4.78, 5) is 0. The van der Waals surface area contributed by atoms with Crippen molar-refractivity contribution in [3.8, 4) is 0 Å². The first-order valence-corrected chi connectivity index (χ1v) is 5.99. The molecule has 1 N–H and O–H groups in total. The molecule has 0 aliphatic rings. The Balaban J connectivity index is 2.71. The number of rotatable bonds is 6. The van der Waals surface area contributed by atoms with Crippen LogP contribution in [-0.4, -0.2) is 18.3 Å². The first-order valence-electron chi connectivity index (χ1n) is 5.99. The maximum absolute atomic E-state index is 10.2. The van der Waals surface area contributed by atoms with Crippen molar-refractivity contribution < 1.29 is 9.84 Å². The van der Waals surface area contributed by atoms with Crippen LogP contribution in [0.25, 0.3) is 0 Å². The molecule has 0 aliphatic heterocycles. The van der Waals surface area contributed by atoms with Crippen LogP contribution in [0.1, 0.15) is 38.3 Å². The highest BCUT2D eigenvalue weighted by molar-refractivity contribution is 5.26. The molecule has 0 bridgehead atoms. The van der Waals surface area contributed by atoms with Gasteiger partial charge in [0.05, 0.1) is 6.61 Å². The van der Waals surface area contributed by atoms with Gasteiger partial charge in [-0.25, -0.2) is 0 Å². The third kappa shape index (κ3) is 3.62. The minimum absolute atomic E-state index is 0.344. The van der Waals surface area contributed by atoms with Gasteiger partial charge in [0.1, 0.15) is 5.60 Å². The van der Waals surface area contributed by atoms with Gasteiger partial charge >= 0.3 is 0 Å². The average Bonchev–Trinajstić information content (AvgIpc) is 2.28. The van der Waals surface area contributed by atoms with Crippen molar-refractivity contribution in [2.75, 3.05) is 13.2 Å². The summed E-state index contributed by atoms with van der Waals surface area (Å²) in [6.45, 7) is 6.86. The summed E-state index contributed by atoms with van der Waals surface area (Å²) in [5.41, 5.74) is 1.35. The van der Waals surface area contributed by atoms with Gasteiger partial charge in [0, 0.05) is 6.61 Å². The molecule has 1 rings (SSSR count). The molecule has 0 heterocycles. The molecule has 1 aromatic carbocycles. The molecule has 90 valence electrons. The lowest BCUT2D eigenvalue weighted by Gasteiger charge is -2.23. The molecule has 1 atom stereocenters. The van der Waals surface area contributed by atoms with E-state index in [0.29, 0.717) is 13.2 Å². The van der Waals surface area contributed by atoms with E-state index in [1.165, 1.54) is 5.56 Å². The SMILES string of the molecule is CCCc1ccc(C(C)(O)COCC)cc1. The summed E-state index contributed by atoms with van der Waals surface area (Å²) in [6.07, 6.45) is 2.24. The van der Waals surface area contributed by atoms with Crippen molar-refractivity contribution in [1.82, 2.24) is 0 Å². The van der Waals surface area contributed by atoms with Gasteiger partial charge in [-0.3, -0.25) is 0 Å². The van der Waals surface area contributed by atoms with Crippen LogP contribution in [0.3, 0.4) is 0 Å². The average molecular weight is 222 g/mol. The standard InChI is InChI=1S/C14H22O2/c1-4-6-12-7-9-13(10-8-12)14(3,15)11-16-5-2/h7-10,15H,4-6,11H2,1-3H3. The van der Waals surface area contributed by atoms with Crippen molar-refractivity contribution in [2.45, 2.75) is 39.2 Å². The Labute approximate surface area is 98.3 Å². The van der Waals surface area contributed by atoms with Crippen LogP contribution < -0.4 is 0 Å². The third-order valence-electron chi connectivity index (χ3n) is 2.70. The number of ether oxygens (including phenoxy) is 1. The largest absolute Gasteiger partial charge is 0.383 e. The van der Waals surface area contributed by atoms with E-state index in [2.05, 4.69) is 19.1 Å². The van der Waals surface area contributed by atoms with Crippen molar-refractivity contribution in [1.29, 1.82) is 0 Å². The Morgan fingerprint density at radius 3 is 2.31 bits per heavy atom. The zero-order chi connectivity index (χ0) is 12.0. The molecule has 2 heteroatoms. The zero-order valence-corrected chi connectivity index (χ0v) is 10.5. The summed E-state index contributed by atoms with van der Waals surface area (Å²) >= 11 is 0. The van der Waals surface area contributed by atoms with Gasteiger partial charge in [0.15, 0.2) is 0 Å². The van der Waals surface area contributed by atoms with Crippen LogP contribution in [0.4, 0.5) is 0 Å². The fourth-order valence-corrected chi connectivity index (χ4v) is 1.70. The quantitative estimate of drug-likeness (QED) is 0.802. The maximum Gasteiger partial charge on any atom is 0.110 e. The monoisotopic (exact) mass is 222 g/mol. The van der Waals surface area contributed by atoms with E-state index in [0.717, 1.165) is 18.4 Å². The van der Waals surface area contributed by atoms with Gasteiger partial charge < -0.3 is 9.84 Å². The summed E-state index contributed by atoms with van der Waals surface area (Å²) < 4.78 is 5.28. The minimum Gasteiger partial charge on any atom is -0.383 e. The molecule has 0 amide bonds. The van der Waals surface area contributed by atoms with Gasteiger partial charge in [-0.2, -0.15) is 0 Å². The van der Waals surface area contributed by atoms with Crippen LogP contribution >= 0.6 is 0 Å². The fraction of sp³-hybridized carbons (Fsp3) is 0.571. The smallest absolute Gasteiger partial charge is 0.110 e. The van der Waals surface area contributed by atoms with Crippen molar-refractivity contribution in [3.05, 3.63) is 35.4 Å². The first-order chi connectivity index (χ1) is 7.60. The summed E-state index contributed by atoms with van der Waals surface area (Å²) in [5, 5.41) is 10.2. The van der Waals surface area contributed by atoms with Crippen LogP contribution in [0.15, 0.2) is 24.3 Å². The Morgan fingerprint density at radius 1 is 1.19 bits per heavy atom. The molecule has 1 unspecified atom stereocenters. The Bertz CT molecular complexity index is 301. The molecule has 0 aromatic heterocycles. The summed E-state index contributed by atoms with van der Waals surface area (Å²) in [6, 6.07) is 8.15. The van der Waals surface area contributed by atoms with Gasteiger partial charge in [0.2, 0.25) is 0 Å². The number of benzene rings is 1. The van der Waals surface area contributed by atoms with Crippen LogP contribution in [0, 0.1) is 0 Å². The maximum atomic E-state index is 10.2. The lowest BCUT2D eigenvalue weighted by Crippen LogP contribution is -2.27. The molecule has 2 nitrogen and oxygen atoms in total. The van der Waals surface area contributed by atoms with Crippen molar-refractivity contribution >= 4 is 0 Å². The van der Waals surface area contributed by atoms with Crippen LogP contribution in [-0.2, 0) is 16.8 Å². The zero-order valence-electron chi connectivity index (χ0n) is 10.5. The normalized spacial score (nSPS) is 14.8. The molecule has 16 heavy (non-hydrogen) atoms. The minimum atomic E-state index is -0.888. The number of hydrogen-bond donors (Lipinski definition) is 1. The summed E-state index contributed by atoms with van der Waals surface area (Å²) in [5.74, 6) is 0. The van der Waals surface area contributed by atoms with E-state index < -0.39 is 5.60 Å².